The Balaban J connectivity index is 0.00000169. The van der Waals surface area contributed by atoms with Gasteiger partial charge >= 0.3 is 0 Å². The molecule has 1 saturated carbocycles. The zero-order valence-electron chi connectivity index (χ0n) is 15.4. The first kappa shape index (κ1) is 23.0. The van der Waals surface area contributed by atoms with E-state index in [1.165, 1.54) is 18.5 Å². The van der Waals surface area contributed by atoms with E-state index in [2.05, 4.69) is 45.4 Å². The van der Waals surface area contributed by atoms with Gasteiger partial charge in [-0.25, -0.2) is 0 Å². The van der Waals surface area contributed by atoms with Crippen molar-refractivity contribution in [2.45, 2.75) is 37.6 Å². The zero-order valence-corrected chi connectivity index (χ0v) is 17.0. The molecule has 26 heavy (non-hydrogen) atoms. The summed E-state index contributed by atoms with van der Waals surface area (Å²) in [6.07, 6.45) is 5.00. The second-order valence-electron chi connectivity index (χ2n) is 7.15. The first-order valence-corrected chi connectivity index (χ1v) is 9.24. The fraction of sp³-hybridized carbons (Fsp3) is 0.632. The van der Waals surface area contributed by atoms with Crippen molar-refractivity contribution in [1.82, 2.24) is 10.2 Å². The van der Waals surface area contributed by atoms with Crippen molar-refractivity contribution in [3.63, 3.8) is 0 Å². The molecule has 2 fully saturated rings. The second kappa shape index (κ2) is 11.0. The number of hydrogen-bond acceptors (Lipinski definition) is 4. The number of carbonyl (C=O) groups is 1. The van der Waals surface area contributed by atoms with E-state index in [1.807, 2.05) is 0 Å². The van der Waals surface area contributed by atoms with Crippen LogP contribution >= 0.6 is 24.8 Å². The molecule has 1 amide bonds. The number of amides is 1. The minimum atomic E-state index is -0.122. The Labute approximate surface area is 169 Å². The van der Waals surface area contributed by atoms with E-state index in [4.69, 9.17) is 5.73 Å². The molecule has 148 valence electrons. The number of piperazine rings is 1. The summed E-state index contributed by atoms with van der Waals surface area (Å²) >= 11 is 0. The molecule has 1 aliphatic heterocycles. The predicted octanol–water partition coefficient (Wildman–Crippen LogP) is 2.43. The van der Waals surface area contributed by atoms with Crippen LogP contribution in [0.4, 0.5) is 5.69 Å². The molecule has 1 aromatic rings. The number of benzene rings is 1. The van der Waals surface area contributed by atoms with Gasteiger partial charge in [0.2, 0.25) is 5.91 Å². The number of para-hydroxylation sites is 1. The normalized spacial score (nSPS) is 19.3. The van der Waals surface area contributed by atoms with Gasteiger partial charge in [-0.05, 0) is 25.0 Å². The van der Waals surface area contributed by atoms with Crippen LogP contribution in [0.25, 0.3) is 0 Å². The number of nitrogens with one attached hydrogen (secondary N) is 1. The molecule has 0 aromatic heterocycles. The zero-order chi connectivity index (χ0) is 16.8. The lowest BCUT2D eigenvalue weighted by Gasteiger charge is -2.36. The number of anilines is 1. The van der Waals surface area contributed by atoms with Crippen molar-refractivity contribution < 1.29 is 4.79 Å². The smallest absolute Gasteiger partial charge is 0.221 e. The van der Waals surface area contributed by atoms with Crippen molar-refractivity contribution in [3.8, 4) is 0 Å². The molecule has 0 atom stereocenters. The summed E-state index contributed by atoms with van der Waals surface area (Å²) < 4.78 is 0. The molecule has 1 heterocycles. The highest BCUT2D eigenvalue weighted by atomic mass is 35.5. The summed E-state index contributed by atoms with van der Waals surface area (Å²) in [7, 11) is 0. The van der Waals surface area contributed by atoms with E-state index in [9.17, 15) is 4.79 Å². The molecule has 0 radical (unpaired) electrons. The van der Waals surface area contributed by atoms with Crippen LogP contribution in [0.5, 0.6) is 0 Å². The lowest BCUT2D eigenvalue weighted by molar-refractivity contribution is -0.123. The van der Waals surface area contributed by atoms with Crippen molar-refractivity contribution in [2.24, 2.45) is 5.73 Å². The maximum absolute atomic E-state index is 12.3. The molecule has 1 aliphatic carbocycles. The first-order valence-electron chi connectivity index (χ1n) is 9.24. The van der Waals surface area contributed by atoms with E-state index in [1.54, 1.807) is 0 Å². The fourth-order valence-corrected chi connectivity index (χ4v) is 3.92. The van der Waals surface area contributed by atoms with Crippen LogP contribution in [0, 0.1) is 0 Å². The van der Waals surface area contributed by atoms with Gasteiger partial charge in [-0.3, -0.25) is 9.69 Å². The average Bonchev–Trinajstić information content (AvgIpc) is 3.10. The molecule has 1 saturated heterocycles. The molecule has 0 unspecified atom stereocenters. The summed E-state index contributed by atoms with van der Waals surface area (Å²) in [5, 5.41) is 3.22. The molecule has 1 aromatic carbocycles. The van der Waals surface area contributed by atoms with Gasteiger partial charge in [-0.1, -0.05) is 31.0 Å². The summed E-state index contributed by atoms with van der Waals surface area (Å²) in [6.45, 7) is 5.49. The summed E-state index contributed by atoms with van der Waals surface area (Å²) in [5.74, 6) is 0.160. The van der Waals surface area contributed by atoms with Gasteiger partial charge in [0.15, 0.2) is 0 Å². The highest BCUT2D eigenvalue weighted by Gasteiger charge is 2.33. The fourth-order valence-electron chi connectivity index (χ4n) is 3.92. The maximum Gasteiger partial charge on any atom is 0.221 e. The summed E-state index contributed by atoms with van der Waals surface area (Å²) in [6, 6.07) is 10.6. The van der Waals surface area contributed by atoms with Crippen LogP contribution in [0.3, 0.4) is 0 Å². The van der Waals surface area contributed by atoms with Crippen molar-refractivity contribution >= 4 is 36.4 Å². The van der Waals surface area contributed by atoms with Crippen LogP contribution in [0.1, 0.15) is 32.1 Å². The molecule has 3 rings (SSSR count). The third kappa shape index (κ3) is 6.02. The molecule has 0 spiro atoms. The number of nitrogens with two attached hydrogens (primary N) is 1. The third-order valence-electron chi connectivity index (χ3n) is 5.50. The minimum absolute atomic E-state index is 0. The lowest BCUT2D eigenvalue weighted by atomic mass is 9.97. The van der Waals surface area contributed by atoms with Crippen molar-refractivity contribution in [2.75, 3.05) is 44.2 Å². The Kier molecular flexibility index (Phi) is 9.72. The second-order valence-corrected chi connectivity index (χ2v) is 7.15. The third-order valence-corrected chi connectivity index (χ3v) is 5.50. The van der Waals surface area contributed by atoms with Crippen LogP contribution < -0.4 is 16.0 Å². The highest BCUT2D eigenvalue weighted by Crippen LogP contribution is 2.28. The standard InChI is InChI=1S/C19H30N4O.2ClH/c20-16-19(9-4-5-10-19)21-18(24)8-11-22-12-14-23(15-13-22)17-6-2-1-3-7-17;;/h1-3,6-7H,4-5,8-16,20H2,(H,21,24);2*1H. The minimum Gasteiger partial charge on any atom is -0.369 e. The van der Waals surface area contributed by atoms with Crippen molar-refractivity contribution in [3.05, 3.63) is 30.3 Å². The van der Waals surface area contributed by atoms with Gasteiger partial charge in [0.25, 0.3) is 0 Å². The molecule has 3 N–H and O–H groups in total. The van der Waals surface area contributed by atoms with E-state index >= 15 is 0 Å². The molecule has 7 heteroatoms. The Hall–Kier alpha value is -1.01. The van der Waals surface area contributed by atoms with Gasteiger partial charge in [0, 0.05) is 51.4 Å². The first-order chi connectivity index (χ1) is 11.7. The van der Waals surface area contributed by atoms with E-state index in [0.29, 0.717) is 13.0 Å². The number of carbonyl (C=O) groups excluding carboxylic acids is 1. The van der Waals surface area contributed by atoms with Gasteiger partial charge in [0.1, 0.15) is 0 Å². The average molecular weight is 403 g/mol. The molecular weight excluding hydrogens is 371 g/mol. The molecular formula is C19H32Cl2N4O. The monoisotopic (exact) mass is 402 g/mol. The van der Waals surface area contributed by atoms with E-state index < -0.39 is 0 Å². The van der Waals surface area contributed by atoms with Gasteiger partial charge < -0.3 is 16.0 Å². The topological polar surface area (TPSA) is 61.6 Å². The van der Waals surface area contributed by atoms with Crippen molar-refractivity contribution in [1.29, 1.82) is 0 Å². The summed E-state index contributed by atoms with van der Waals surface area (Å²) in [4.78, 5) is 17.1. The number of nitrogens with zero attached hydrogens (tertiary/aromatic N) is 2. The Morgan fingerprint density at radius 2 is 1.65 bits per heavy atom. The quantitative estimate of drug-likeness (QED) is 0.766. The Morgan fingerprint density at radius 3 is 2.23 bits per heavy atom. The number of hydrogen-bond donors (Lipinski definition) is 2. The van der Waals surface area contributed by atoms with Crippen LogP contribution in [0.2, 0.25) is 0 Å². The van der Waals surface area contributed by atoms with E-state index in [0.717, 1.165) is 45.6 Å². The highest BCUT2D eigenvalue weighted by molar-refractivity contribution is 5.85. The van der Waals surface area contributed by atoms with Gasteiger partial charge in [-0.2, -0.15) is 0 Å². The number of rotatable bonds is 6. The molecule has 5 nitrogen and oxygen atoms in total. The molecule has 0 bridgehead atoms. The predicted molar refractivity (Wildman–Crippen MR) is 113 cm³/mol. The summed E-state index contributed by atoms with van der Waals surface area (Å²) in [5.41, 5.74) is 7.07. The van der Waals surface area contributed by atoms with Gasteiger partial charge in [-0.15, -0.1) is 24.8 Å². The number of halogens is 2. The maximum atomic E-state index is 12.3. The SMILES string of the molecule is Cl.Cl.NCC1(NC(=O)CCN2CCN(c3ccccc3)CC2)CCCC1. The Morgan fingerprint density at radius 1 is 1.04 bits per heavy atom. The van der Waals surface area contributed by atoms with Gasteiger partial charge in [0.05, 0.1) is 5.54 Å². The lowest BCUT2D eigenvalue weighted by Crippen LogP contribution is -2.52. The Bertz CT molecular complexity index is 530. The van der Waals surface area contributed by atoms with Crippen LogP contribution in [-0.2, 0) is 4.79 Å². The van der Waals surface area contributed by atoms with Crippen LogP contribution in [0.15, 0.2) is 30.3 Å². The molecule has 2 aliphatic rings. The van der Waals surface area contributed by atoms with Crippen LogP contribution in [-0.4, -0.2) is 55.6 Å². The largest absolute Gasteiger partial charge is 0.369 e. The van der Waals surface area contributed by atoms with E-state index in [-0.39, 0.29) is 36.3 Å².